The Kier molecular flexibility index (Phi) is 2.55. The molecule has 0 spiro atoms. The van der Waals surface area contributed by atoms with Gasteiger partial charge in [-0.05, 0) is 49.1 Å². The molecule has 1 nitrogen and oxygen atoms in total. The number of hydrogen-bond donors (Lipinski definition) is 1. The van der Waals surface area contributed by atoms with Crippen molar-refractivity contribution in [2.45, 2.75) is 31.7 Å². The summed E-state index contributed by atoms with van der Waals surface area (Å²) in [6, 6.07) is 5.56. The summed E-state index contributed by atoms with van der Waals surface area (Å²) >= 11 is 0. The first-order valence-corrected chi connectivity index (χ1v) is 5.19. The third-order valence-electron chi connectivity index (χ3n) is 3.19. The van der Waals surface area contributed by atoms with Crippen molar-refractivity contribution in [3.63, 3.8) is 0 Å². The van der Waals surface area contributed by atoms with Crippen LogP contribution < -0.4 is 5.32 Å². The first kappa shape index (κ1) is 9.66. The zero-order chi connectivity index (χ0) is 10.1. The highest BCUT2D eigenvalue weighted by Crippen LogP contribution is 2.37. The van der Waals surface area contributed by atoms with Gasteiger partial charge in [-0.15, -0.1) is 0 Å². The molecule has 1 aliphatic carbocycles. The average Bonchev–Trinajstić information content (AvgIpc) is 2.19. The van der Waals surface area contributed by atoms with E-state index in [-0.39, 0.29) is 5.82 Å². The van der Waals surface area contributed by atoms with Crippen LogP contribution in [0.1, 0.15) is 42.9 Å². The van der Waals surface area contributed by atoms with Crippen molar-refractivity contribution in [2.24, 2.45) is 0 Å². The van der Waals surface area contributed by atoms with Crippen LogP contribution in [0.3, 0.4) is 0 Å². The molecule has 0 fully saturated rings. The normalized spacial score (nSPS) is 25.9. The van der Waals surface area contributed by atoms with E-state index in [1.807, 2.05) is 13.1 Å². The van der Waals surface area contributed by atoms with Crippen molar-refractivity contribution in [3.05, 3.63) is 35.1 Å². The number of rotatable bonds is 1. The van der Waals surface area contributed by atoms with Gasteiger partial charge < -0.3 is 5.32 Å². The van der Waals surface area contributed by atoms with E-state index >= 15 is 0 Å². The summed E-state index contributed by atoms with van der Waals surface area (Å²) in [5.74, 6) is 0.373. The fraction of sp³-hybridized carbons (Fsp3) is 0.500. The zero-order valence-corrected chi connectivity index (χ0v) is 8.68. The Hall–Kier alpha value is -0.890. The van der Waals surface area contributed by atoms with Gasteiger partial charge in [-0.2, -0.15) is 0 Å². The van der Waals surface area contributed by atoms with E-state index in [1.54, 1.807) is 12.1 Å². The number of fused-ring (bicyclic) bond motifs is 1. The van der Waals surface area contributed by atoms with Crippen molar-refractivity contribution in [3.8, 4) is 0 Å². The third kappa shape index (κ3) is 1.55. The van der Waals surface area contributed by atoms with Gasteiger partial charge in [0.2, 0.25) is 0 Å². The lowest BCUT2D eigenvalue weighted by molar-refractivity contribution is 0.456. The van der Waals surface area contributed by atoms with Gasteiger partial charge in [0.05, 0.1) is 0 Å². The molecule has 2 unspecified atom stereocenters. The molecule has 0 aromatic heterocycles. The quantitative estimate of drug-likeness (QED) is 0.723. The molecule has 0 amide bonds. The van der Waals surface area contributed by atoms with Crippen LogP contribution in [0.25, 0.3) is 0 Å². The van der Waals surface area contributed by atoms with Crippen LogP contribution in [-0.4, -0.2) is 7.05 Å². The summed E-state index contributed by atoms with van der Waals surface area (Å²) in [6.45, 7) is 2.17. The van der Waals surface area contributed by atoms with Crippen LogP contribution in [0.4, 0.5) is 4.39 Å². The van der Waals surface area contributed by atoms with Gasteiger partial charge >= 0.3 is 0 Å². The fourth-order valence-electron chi connectivity index (χ4n) is 2.32. The molecule has 2 atom stereocenters. The third-order valence-corrected chi connectivity index (χ3v) is 3.19. The lowest BCUT2D eigenvalue weighted by Gasteiger charge is -2.29. The molecule has 0 saturated heterocycles. The lowest BCUT2D eigenvalue weighted by atomic mass is 9.81. The van der Waals surface area contributed by atoms with Crippen LogP contribution in [0.15, 0.2) is 18.2 Å². The summed E-state index contributed by atoms with van der Waals surface area (Å²) in [6.07, 6.45) is 2.29. The molecule has 0 aliphatic heterocycles. The highest BCUT2D eigenvalue weighted by molar-refractivity contribution is 5.35. The van der Waals surface area contributed by atoms with Gasteiger partial charge in [-0.25, -0.2) is 4.39 Å². The summed E-state index contributed by atoms with van der Waals surface area (Å²) in [7, 11) is 1.97. The van der Waals surface area contributed by atoms with Crippen molar-refractivity contribution in [1.29, 1.82) is 0 Å². The number of hydrogen-bond acceptors (Lipinski definition) is 1. The summed E-state index contributed by atoms with van der Waals surface area (Å²) < 4.78 is 13.1. The maximum absolute atomic E-state index is 13.1. The molecule has 1 aromatic carbocycles. The molecule has 1 aromatic rings. The van der Waals surface area contributed by atoms with Crippen LogP contribution in [0, 0.1) is 5.82 Å². The maximum atomic E-state index is 13.1. The van der Waals surface area contributed by atoms with Gasteiger partial charge in [0.1, 0.15) is 5.82 Å². The minimum atomic E-state index is -0.118. The number of benzene rings is 1. The van der Waals surface area contributed by atoms with Gasteiger partial charge in [0.15, 0.2) is 0 Å². The molecule has 76 valence electrons. The Morgan fingerprint density at radius 2 is 2.07 bits per heavy atom. The Balaban J connectivity index is 2.45. The molecule has 2 rings (SSSR count). The van der Waals surface area contributed by atoms with E-state index in [0.717, 1.165) is 12.8 Å². The van der Waals surface area contributed by atoms with Crippen molar-refractivity contribution < 1.29 is 4.39 Å². The predicted molar refractivity (Wildman–Crippen MR) is 55.8 cm³/mol. The molecule has 1 aliphatic rings. The van der Waals surface area contributed by atoms with E-state index in [1.165, 1.54) is 11.1 Å². The average molecular weight is 193 g/mol. The molecular formula is C12H16FN. The summed E-state index contributed by atoms with van der Waals surface area (Å²) in [5.41, 5.74) is 2.45. The second kappa shape index (κ2) is 3.70. The molecule has 0 heterocycles. The second-order valence-electron chi connectivity index (χ2n) is 4.09. The first-order chi connectivity index (χ1) is 6.72. The van der Waals surface area contributed by atoms with Crippen LogP contribution >= 0.6 is 0 Å². The van der Waals surface area contributed by atoms with Gasteiger partial charge in [-0.1, -0.05) is 13.0 Å². The predicted octanol–water partition coefficient (Wildman–Crippen LogP) is 2.98. The molecule has 1 N–H and O–H groups in total. The molecule has 2 heteroatoms. The van der Waals surface area contributed by atoms with E-state index in [0.29, 0.717) is 12.0 Å². The van der Waals surface area contributed by atoms with E-state index < -0.39 is 0 Å². The Morgan fingerprint density at radius 1 is 1.29 bits per heavy atom. The Labute approximate surface area is 84.3 Å². The lowest BCUT2D eigenvalue weighted by Crippen LogP contribution is -2.23. The molecule has 0 radical (unpaired) electrons. The Morgan fingerprint density at radius 3 is 2.79 bits per heavy atom. The number of nitrogens with one attached hydrogen (secondary N) is 1. The van der Waals surface area contributed by atoms with Crippen molar-refractivity contribution in [1.82, 2.24) is 5.32 Å². The smallest absolute Gasteiger partial charge is 0.123 e. The second-order valence-corrected chi connectivity index (χ2v) is 4.09. The summed E-state index contributed by atoms with van der Waals surface area (Å²) in [4.78, 5) is 0. The molecule has 14 heavy (non-hydrogen) atoms. The monoisotopic (exact) mass is 193 g/mol. The van der Waals surface area contributed by atoms with E-state index in [9.17, 15) is 4.39 Å². The SMILES string of the molecule is CNC1CCC(C)c2cc(F)ccc21. The highest BCUT2D eigenvalue weighted by Gasteiger charge is 2.23. The Bertz CT molecular complexity index is 335. The van der Waals surface area contributed by atoms with E-state index in [2.05, 4.69) is 12.2 Å². The number of halogens is 1. The zero-order valence-electron chi connectivity index (χ0n) is 8.68. The van der Waals surface area contributed by atoms with Crippen molar-refractivity contribution >= 4 is 0 Å². The minimum absolute atomic E-state index is 0.118. The highest BCUT2D eigenvalue weighted by atomic mass is 19.1. The van der Waals surface area contributed by atoms with Crippen LogP contribution in [-0.2, 0) is 0 Å². The van der Waals surface area contributed by atoms with Gasteiger partial charge in [0, 0.05) is 6.04 Å². The molecular weight excluding hydrogens is 177 g/mol. The largest absolute Gasteiger partial charge is 0.313 e. The van der Waals surface area contributed by atoms with Crippen molar-refractivity contribution in [2.75, 3.05) is 7.05 Å². The van der Waals surface area contributed by atoms with Gasteiger partial charge in [0.25, 0.3) is 0 Å². The molecule has 0 saturated carbocycles. The van der Waals surface area contributed by atoms with Gasteiger partial charge in [-0.3, -0.25) is 0 Å². The fourth-order valence-corrected chi connectivity index (χ4v) is 2.32. The topological polar surface area (TPSA) is 12.0 Å². The first-order valence-electron chi connectivity index (χ1n) is 5.19. The minimum Gasteiger partial charge on any atom is -0.313 e. The van der Waals surface area contributed by atoms with Crippen LogP contribution in [0.2, 0.25) is 0 Å². The van der Waals surface area contributed by atoms with Crippen LogP contribution in [0.5, 0.6) is 0 Å². The maximum Gasteiger partial charge on any atom is 0.123 e. The summed E-state index contributed by atoms with van der Waals surface area (Å²) in [5, 5.41) is 3.28. The standard InChI is InChI=1S/C12H16FN/c1-8-3-6-12(14-2)10-5-4-9(13)7-11(8)10/h4-5,7-8,12,14H,3,6H2,1-2H3. The van der Waals surface area contributed by atoms with E-state index in [4.69, 9.17) is 0 Å². The molecule has 0 bridgehead atoms.